The van der Waals surface area contributed by atoms with E-state index >= 15 is 0 Å². The van der Waals surface area contributed by atoms with Gasteiger partial charge in [-0.05, 0) is 26.0 Å². The molecule has 0 aliphatic rings. The number of amides is 2. The molecule has 2 N–H and O–H groups in total. The standard InChI is InChI=1S/C18H20ClN3O4/c1-10(2)21-17(23)11-5-6-20-14(7-11)18(24)22-13-9-15(25-3)12(19)8-16(13)26-4/h5-10H,1-4H3,(H,21,23)(H,22,24). The molecular formula is C18H20ClN3O4. The lowest BCUT2D eigenvalue weighted by molar-refractivity contribution is 0.0943. The maximum Gasteiger partial charge on any atom is 0.274 e. The van der Waals surface area contributed by atoms with E-state index < -0.39 is 5.91 Å². The van der Waals surface area contributed by atoms with E-state index in [2.05, 4.69) is 15.6 Å². The highest BCUT2D eigenvalue weighted by Gasteiger charge is 2.16. The Hall–Kier alpha value is -2.80. The Bertz CT molecular complexity index is 824. The highest BCUT2D eigenvalue weighted by atomic mass is 35.5. The van der Waals surface area contributed by atoms with E-state index in [1.165, 1.54) is 32.5 Å². The van der Waals surface area contributed by atoms with Crippen molar-refractivity contribution in [2.45, 2.75) is 19.9 Å². The largest absolute Gasteiger partial charge is 0.495 e. The SMILES string of the molecule is COc1cc(NC(=O)c2cc(C(=O)NC(C)C)ccn2)c(OC)cc1Cl. The van der Waals surface area contributed by atoms with Crippen molar-refractivity contribution in [3.8, 4) is 11.5 Å². The molecular weight excluding hydrogens is 358 g/mol. The topological polar surface area (TPSA) is 89.5 Å². The first-order valence-electron chi connectivity index (χ1n) is 7.85. The van der Waals surface area contributed by atoms with Crippen LogP contribution in [0.15, 0.2) is 30.5 Å². The van der Waals surface area contributed by atoms with Gasteiger partial charge in [-0.15, -0.1) is 0 Å². The summed E-state index contributed by atoms with van der Waals surface area (Å²) in [5.41, 5.74) is 0.814. The molecule has 0 atom stereocenters. The molecule has 1 aromatic carbocycles. The second-order valence-corrected chi connectivity index (χ2v) is 6.11. The number of carbonyl (C=O) groups is 2. The van der Waals surface area contributed by atoms with Crippen molar-refractivity contribution in [3.05, 3.63) is 46.7 Å². The Morgan fingerprint density at radius 1 is 1.08 bits per heavy atom. The predicted molar refractivity (Wildman–Crippen MR) is 99.3 cm³/mol. The molecule has 0 bridgehead atoms. The van der Waals surface area contributed by atoms with Crippen molar-refractivity contribution in [2.75, 3.05) is 19.5 Å². The molecule has 138 valence electrons. The van der Waals surface area contributed by atoms with E-state index in [1.807, 2.05) is 13.8 Å². The highest BCUT2D eigenvalue weighted by molar-refractivity contribution is 6.32. The Balaban J connectivity index is 2.27. The smallest absolute Gasteiger partial charge is 0.274 e. The number of hydrogen-bond acceptors (Lipinski definition) is 5. The Labute approximate surface area is 156 Å². The third-order valence-corrected chi connectivity index (χ3v) is 3.69. The zero-order valence-electron chi connectivity index (χ0n) is 14.9. The Morgan fingerprint density at radius 2 is 1.77 bits per heavy atom. The molecule has 0 aliphatic carbocycles. The van der Waals surface area contributed by atoms with Gasteiger partial charge in [0.1, 0.15) is 17.2 Å². The zero-order chi connectivity index (χ0) is 19.3. The normalized spacial score (nSPS) is 10.4. The second-order valence-electron chi connectivity index (χ2n) is 5.70. The number of carbonyl (C=O) groups excluding carboxylic acids is 2. The lowest BCUT2D eigenvalue weighted by Crippen LogP contribution is -2.30. The number of ether oxygens (including phenoxy) is 2. The van der Waals surface area contributed by atoms with Gasteiger partial charge in [-0.3, -0.25) is 14.6 Å². The molecule has 0 aliphatic heterocycles. The molecule has 0 radical (unpaired) electrons. The summed E-state index contributed by atoms with van der Waals surface area (Å²) in [6.07, 6.45) is 1.41. The summed E-state index contributed by atoms with van der Waals surface area (Å²) in [6.45, 7) is 3.71. The molecule has 2 amide bonds. The fraction of sp³-hybridized carbons (Fsp3) is 0.278. The van der Waals surface area contributed by atoms with Gasteiger partial charge in [0.25, 0.3) is 11.8 Å². The van der Waals surface area contributed by atoms with Crippen LogP contribution in [-0.4, -0.2) is 37.1 Å². The van der Waals surface area contributed by atoms with Gasteiger partial charge >= 0.3 is 0 Å². The summed E-state index contributed by atoms with van der Waals surface area (Å²) in [4.78, 5) is 28.6. The predicted octanol–water partition coefficient (Wildman–Crippen LogP) is 3.14. The molecule has 0 spiro atoms. The average molecular weight is 378 g/mol. The average Bonchev–Trinajstić information content (AvgIpc) is 2.62. The summed E-state index contributed by atoms with van der Waals surface area (Å²) >= 11 is 6.06. The molecule has 2 rings (SSSR count). The van der Waals surface area contributed by atoms with Crippen molar-refractivity contribution in [1.29, 1.82) is 0 Å². The maximum atomic E-state index is 12.5. The molecule has 0 saturated carbocycles. The lowest BCUT2D eigenvalue weighted by Gasteiger charge is -2.13. The van der Waals surface area contributed by atoms with Gasteiger partial charge in [-0.1, -0.05) is 11.6 Å². The maximum absolute atomic E-state index is 12.5. The first-order chi connectivity index (χ1) is 12.3. The van der Waals surface area contributed by atoms with Crippen LogP contribution in [0.3, 0.4) is 0 Å². The van der Waals surface area contributed by atoms with E-state index in [4.69, 9.17) is 21.1 Å². The summed E-state index contributed by atoms with van der Waals surface area (Å²) in [5, 5.41) is 5.81. The first kappa shape index (κ1) is 19.5. The fourth-order valence-corrected chi connectivity index (χ4v) is 2.42. The van der Waals surface area contributed by atoms with E-state index in [-0.39, 0.29) is 17.6 Å². The van der Waals surface area contributed by atoms with E-state index in [1.54, 1.807) is 12.1 Å². The number of halogens is 1. The number of nitrogens with one attached hydrogen (secondary N) is 2. The van der Waals surface area contributed by atoms with Gasteiger partial charge in [0, 0.05) is 29.9 Å². The number of pyridine rings is 1. The van der Waals surface area contributed by atoms with Crippen molar-refractivity contribution >= 4 is 29.1 Å². The van der Waals surface area contributed by atoms with Crippen LogP contribution in [0.2, 0.25) is 5.02 Å². The summed E-state index contributed by atoms with van der Waals surface area (Å²) < 4.78 is 10.4. The van der Waals surface area contributed by atoms with Crippen molar-refractivity contribution in [2.24, 2.45) is 0 Å². The summed E-state index contributed by atoms with van der Waals surface area (Å²) in [7, 11) is 2.93. The van der Waals surface area contributed by atoms with Crippen LogP contribution < -0.4 is 20.1 Å². The number of rotatable bonds is 6. The molecule has 0 fully saturated rings. The second kappa shape index (κ2) is 8.53. The van der Waals surface area contributed by atoms with Gasteiger partial charge in [-0.25, -0.2) is 0 Å². The monoisotopic (exact) mass is 377 g/mol. The van der Waals surface area contributed by atoms with Gasteiger partial charge in [0.15, 0.2) is 0 Å². The number of methoxy groups -OCH3 is 2. The summed E-state index contributed by atoms with van der Waals surface area (Å²) in [6, 6.07) is 6.04. The Kier molecular flexibility index (Phi) is 6.41. The molecule has 1 heterocycles. The van der Waals surface area contributed by atoms with E-state index in [9.17, 15) is 9.59 Å². The van der Waals surface area contributed by atoms with Crippen LogP contribution in [0, 0.1) is 0 Å². The van der Waals surface area contributed by atoms with Crippen LogP contribution in [0.5, 0.6) is 11.5 Å². The Morgan fingerprint density at radius 3 is 2.38 bits per heavy atom. The lowest BCUT2D eigenvalue weighted by atomic mass is 10.2. The van der Waals surface area contributed by atoms with Gasteiger partial charge in [0.2, 0.25) is 0 Å². The third kappa shape index (κ3) is 4.64. The van der Waals surface area contributed by atoms with Crippen LogP contribution in [0.4, 0.5) is 5.69 Å². The van der Waals surface area contributed by atoms with E-state index in [0.29, 0.717) is 27.8 Å². The first-order valence-corrected chi connectivity index (χ1v) is 8.23. The molecule has 8 heteroatoms. The number of benzene rings is 1. The van der Waals surface area contributed by atoms with Crippen LogP contribution >= 0.6 is 11.6 Å². The van der Waals surface area contributed by atoms with Gasteiger partial charge in [0.05, 0.1) is 24.9 Å². The number of nitrogens with zero attached hydrogens (tertiary/aromatic N) is 1. The fourth-order valence-electron chi connectivity index (χ4n) is 2.19. The quantitative estimate of drug-likeness (QED) is 0.807. The van der Waals surface area contributed by atoms with Crippen molar-refractivity contribution in [1.82, 2.24) is 10.3 Å². The zero-order valence-corrected chi connectivity index (χ0v) is 15.7. The molecule has 1 aromatic heterocycles. The minimum absolute atomic E-state index is 0.0151. The molecule has 2 aromatic rings. The molecule has 7 nitrogen and oxygen atoms in total. The van der Waals surface area contributed by atoms with Crippen molar-refractivity contribution in [3.63, 3.8) is 0 Å². The third-order valence-electron chi connectivity index (χ3n) is 3.40. The minimum Gasteiger partial charge on any atom is -0.495 e. The number of aromatic nitrogens is 1. The van der Waals surface area contributed by atoms with Crippen LogP contribution in [0.1, 0.15) is 34.7 Å². The van der Waals surface area contributed by atoms with Crippen LogP contribution in [0.25, 0.3) is 0 Å². The van der Waals surface area contributed by atoms with Gasteiger partial charge < -0.3 is 20.1 Å². The molecule has 0 saturated heterocycles. The molecule has 26 heavy (non-hydrogen) atoms. The van der Waals surface area contributed by atoms with Gasteiger partial charge in [-0.2, -0.15) is 0 Å². The summed E-state index contributed by atoms with van der Waals surface area (Å²) in [5.74, 6) is -0.00675. The minimum atomic E-state index is -0.494. The van der Waals surface area contributed by atoms with Crippen molar-refractivity contribution < 1.29 is 19.1 Å². The molecule has 0 unspecified atom stereocenters. The highest BCUT2D eigenvalue weighted by Crippen LogP contribution is 2.36. The van der Waals surface area contributed by atoms with Crippen LogP contribution in [-0.2, 0) is 0 Å². The number of hydrogen-bond donors (Lipinski definition) is 2. The van der Waals surface area contributed by atoms with E-state index in [0.717, 1.165) is 0 Å². The number of anilines is 1.